The number of rotatable bonds is 5. The third-order valence-corrected chi connectivity index (χ3v) is 6.60. The predicted octanol–water partition coefficient (Wildman–Crippen LogP) is 5.63. The van der Waals surface area contributed by atoms with Crippen molar-refractivity contribution in [3.05, 3.63) is 34.5 Å². The molecular weight excluding hydrogens is 424 g/mol. The number of ether oxygens (including phenoxy) is 1. The highest BCUT2D eigenvalue weighted by molar-refractivity contribution is 6.31. The van der Waals surface area contributed by atoms with Gasteiger partial charge in [0.25, 0.3) is 5.92 Å². The molecule has 4 rings (SSSR count). The fourth-order valence-corrected chi connectivity index (χ4v) is 4.87. The molecule has 8 heteroatoms. The lowest BCUT2D eigenvalue weighted by Crippen LogP contribution is -2.43. The molecule has 3 heterocycles. The summed E-state index contributed by atoms with van der Waals surface area (Å²) < 4.78 is 32.2. The van der Waals surface area contributed by atoms with E-state index in [2.05, 4.69) is 18.8 Å². The summed E-state index contributed by atoms with van der Waals surface area (Å²) in [5.41, 5.74) is 3.31. The molecule has 0 aliphatic carbocycles. The van der Waals surface area contributed by atoms with E-state index in [1.54, 1.807) is 0 Å². The maximum Gasteiger partial charge on any atom is 0.410 e. The van der Waals surface area contributed by atoms with E-state index in [1.807, 2.05) is 28.0 Å². The quantitative estimate of drug-likeness (QED) is 0.637. The van der Waals surface area contributed by atoms with Crippen LogP contribution in [0.25, 0.3) is 10.9 Å². The van der Waals surface area contributed by atoms with E-state index >= 15 is 0 Å². The number of alkyl halides is 2. The van der Waals surface area contributed by atoms with E-state index in [4.69, 9.17) is 16.3 Å². The zero-order chi connectivity index (χ0) is 22.2. The first-order chi connectivity index (χ1) is 14.7. The number of aromatic amines is 1. The molecule has 2 aliphatic heterocycles. The monoisotopic (exact) mass is 453 g/mol. The average molecular weight is 454 g/mol. The molecule has 1 aromatic carbocycles. The van der Waals surface area contributed by atoms with E-state index in [-0.39, 0.29) is 31.6 Å². The van der Waals surface area contributed by atoms with Crippen LogP contribution in [0.3, 0.4) is 0 Å². The molecule has 0 bridgehead atoms. The predicted molar refractivity (Wildman–Crippen MR) is 118 cm³/mol. The second-order valence-corrected chi connectivity index (χ2v) is 9.54. The number of piperidine rings is 1. The largest absolute Gasteiger partial charge is 0.448 e. The van der Waals surface area contributed by atoms with Crippen LogP contribution < -0.4 is 0 Å². The number of hydrogen-bond donors (Lipinski definition) is 1. The summed E-state index contributed by atoms with van der Waals surface area (Å²) in [5.74, 6) is -2.16. The Morgan fingerprint density at radius 2 is 2.03 bits per heavy atom. The summed E-state index contributed by atoms with van der Waals surface area (Å²) >= 11 is 6.21. The van der Waals surface area contributed by atoms with Gasteiger partial charge in [-0.15, -0.1) is 0 Å². The van der Waals surface area contributed by atoms with Crippen molar-refractivity contribution >= 4 is 28.6 Å². The van der Waals surface area contributed by atoms with Crippen LogP contribution in [0.2, 0.25) is 5.02 Å². The lowest BCUT2D eigenvalue weighted by Gasteiger charge is -2.36. The summed E-state index contributed by atoms with van der Waals surface area (Å²) in [6, 6.07) is 5.74. The summed E-state index contributed by atoms with van der Waals surface area (Å²) in [7, 11) is 0. The average Bonchev–Trinajstić information content (AvgIpc) is 3.07. The number of carbonyl (C=O) groups excluding carboxylic acids is 1. The minimum Gasteiger partial charge on any atom is -0.448 e. The van der Waals surface area contributed by atoms with Crippen LogP contribution >= 0.6 is 11.6 Å². The number of amides is 1. The van der Waals surface area contributed by atoms with Crippen LogP contribution in [0, 0.1) is 5.92 Å². The lowest BCUT2D eigenvalue weighted by molar-refractivity contribution is -0.0577. The number of halogens is 3. The Bertz CT molecular complexity index is 936. The van der Waals surface area contributed by atoms with Gasteiger partial charge in [0.05, 0.1) is 6.04 Å². The number of nitrogens with one attached hydrogen (secondary N) is 1. The zero-order valence-corrected chi connectivity index (χ0v) is 18.9. The molecule has 1 N–H and O–H groups in total. The number of fused-ring (bicyclic) bond motifs is 3. The number of likely N-dealkylation sites (tertiary alicyclic amines) is 1. The van der Waals surface area contributed by atoms with E-state index in [9.17, 15) is 13.6 Å². The normalized spacial score (nSPS) is 21.5. The first-order valence-corrected chi connectivity index (χ1v) is 11.4. The van der Waals surface area contributed by atoms with E-state index in [0.717, 1.165) is 29.4 Å². The fraction of sp³-hybridized carbons (Fsp3) is 0.609. The highest BCUT2D eigenvalue weighted by Gasteiger charge is 2.36. The van der Waals surface area contributed by atoms with Crippen molar-refractivity contribution in [1.29, 1.82) is 0 Å². The topological polar surface area (TPSA) is 48.6 Å². The van der Waals surface area contributed by atoms with Gasteiger partial charge in [0.2, 0.25) is 0 Å². The molecule has 0 radical (unpaired) electrons. The molecule has 0 spiro atoms. The maximum absolute atomic E-state index is 13.3. The number of H-pyrrole nitrogens is 1. The van der Waals surface area contributed by atoms with Crippen molar-refractivity contribution in [3.63, 3.8) is 0 Å². The van der Waals surface area contributed by atoms with Gasteiger partial charge in [-0.2, -0.15) is 0 Å². The van der Waals surface area contributed by atoms with Gasteiger partial charge >= 0.3 is 6.09 Å². The minimum absolute atomic E-state index is 0.0869. The third-order valence-electron chi connectivity index (χ3n) is 6.36. The summed E-state index contributed by atoms with van der Waals surface area (Å²) in [5, 5.41) is 1.82. The van der Waals surface area contributed by atoms with Crippen LogP contribution in [0.15, 0.2) is 18.2 Å². The molecule has 1 unspecified atom stereocenters. The number of carbonyl (C=O) groups is 1. The Kier molecular flexibility index (Phi) is 6.44. The SMILES string of the molecule is CC(C)CC1c2[nH]c3ccc(Cl)cc3c2CCN1C(=O)OCCN1CCC(F)(F)CC1. The highest BCUT2D eigenvalue weighted by atomic mass is 35.5. The van der Waals surface area contributed by atoms with Gasteiger partial charge in [-0.1, -0.05) is 25.4 Å². The summed E-state index contributed by atoms with van der Waals surface area (Å²) in [4.78, 5) is 20.2. The molecule has 2 aromatic rings. The Hall–Kier alpha value is -1.86. The standard InChI is InChI=1S/C23H30ClF2N3O2/c1-15(2)13-20-21-17(18-14-16(24)3-4-19(18)27-21)5-8-29(20)22(30)31-12-11-28-9-6-23(25,26)7-10-28/h3-4,14-15,20,27H,5-13H2,1-2H3. The maximum atomic E-state index is 13.3. The summed E-state index contributed by atoms with van der Waals surface area (Å²) in [6.45, 7) is 6.24. The van der Waals surface area contributed by atoms with Crippen molar-refractivity contribution in [2.24, 2.45) is 5.92 Å². The van der Waals surface area contributed by atoms with Gasteiger partial charge in [-0.3, -0.25) is 9.80 Å². The van der Waals surface area contributed by atoms with Crippen LogP contribution in [0.4, 0.5) is 13.6 Å². The molecule has 31 heavy (non-hydrogen) atoms. The second-order valence-electron chi connectivity index (χ2n) is 9.11. The first-order valence-electron chi connectivity index (χ1n) is 11.1. The van der Waals surface area contributed by atoms with Gasteiger partial charge in [0, 0.05) is 60.6 Å². The smallest absolute Gasteiger partial charge is 0.410 e. The Morgan fingerprint density at radius 3 is 2.74 bits per heavy atom. The molecule has 2 aliphatic rings. The molecule has 5 nitrogen and oxygen atoms in total. The van der Waals surface area contributed by atoms with Crippen LogP contribution in [-0.2, 0) is 11.2 Å². The Morgan fingerprint density at radius 1 is 1.29 bits per heavy atom. The van der Waals surface area contributed by atoms with Crippen molar-refractivity contribution in [3.8, 4) is 0 Å². The van der Waals surface area contributed by atoms with Crippen LogP contribution in [-0.4, -0.2) is 59.6 Å². The number of aromatic nitrogens is 1. The Balaban J connectivity index is 1.44. The van der Waals surface area contributed by atoms with Crippen LogP contribution in [0.1, 0.15) is 50.4 Å². The molecular formula is C23H30ClF2N3O2. The van der Waals surface area contributed by atoms with Crippen molar-refractivity contribution in [1.82, 2.24) is 14.8 Å². The molecule has 1 saturated heterocycles. The zero-order valence-electron chi connectivity index (χ0n) is 18.1. The van der Waals surface area contributed by atoms with Gasteiger partial charge < -0.3 is 9.72 Å². The van der Waals surface area contributed by atoms with Crippen molar-refractivity contribution in [2.45, 2.75) is 51.5 Å². The van der Waals surface area contributed by atoms with E-state index < -0.39 is 5.92 Å². The van der Waals surface area contributed by atoms with Gasteiger partial charge in [0.1, 0.15) is 6.61 Å². The van der Waals surface area contributed by atoms with Crippen molar-refractivity contribution < 1.29 is 18.3 Å². The van der Waals surface area contributed by atoms with E-state index in [1.165, 1.54) is 5.56 Å². The molecule has 1 atom stereocenters. The molecule has 1 aromatic heterocycles. The number of hydrogen-bond acceptors (Lipinski definition) is 3. The highest BCUT2D eigenvalue weighted by Crippen LogP contribution is 2.38. The molecule has 170 valence electrons. The number of nitrogens with zero attached hydrogens (tertiary/aromatic N) is 2. The second kappa shape index (κ2) is 8.94. The lowest BCUT2D eigenvalue weighted by atomic mass is 9.92. The van der Waals surface area contributed by atoms with Gasteiger partial charge in [-0.05, 0) is 42.5 Å². The molecule has 0 saturated carbocycles. The van der Waals surface area contributed by atoms with Crippen molar-refractivity contribution in [2.75, 3.05) is 32.8 Å². The minimum atomic E-state index is -2.56. The van der Waals surface area contributed by atoms with E-state index in [0.29, 0.717) is 37.1 Å². The molecule has 1 fully saturated rings. The molecule has 1 amide bonds. The first kappa shape index (κ1) is 22.3. The van der Waals surface area contributed by atoms with Gasteiger partial charge in [0.15, 0.2) is 0 Å². The fourth-order valence-electron chi connectivity index (χ4n) is 4.70. The number of benzene rings is 1. The summed E-state index contributed by atoms with van der Waals surface area (Å²) in [6.07, 6.45) is 0.966. The van der Waals surface area contributed by atoms with Gasteiger partial charge in [-0.25, -0.2) is 13.6 Å². The van der Waals surface area contributed by atoms with Crippen LogP contribution in [0.5, 0.6) is 0 Å². The third kappa shape index (κ3) is 4.98. The Labute approximate surface area is 186 Å².